The summed E-state index contributed by atoms with van der Waals surface area (Å²) in [4.78, 5) is 13.3. The van der Waals surface area contributed by atoms with Crippen LogP contribution in [0.1, 0.15) is 18.1 Å². The summed E-state index contributed by atoms with van der Waals surface area (Å²) in [6, 6.07) is 17.5. The molecule has 0 radical (unpaired) electrons. The molecule has 5 aromatic rings. The van der Waals surface area contributed by atoms with Crippen LogP contribution in [0.4, 0.5) is 0 Å². The molecule has 0 atom stereocenters. The van der Waals surface area contributed by atoms with E-state index in [9.17, 15) is 4.79 Å². The number of para-hydroxylation sites is 1. The maximum absolute atomic E-state index is 13.3. The molecule has 0 aliphatic rings. The molecule has 0 bridgehead atoms. The van der Waals surface area contributed by atoms with Crippen LogP contribution in [0.5, 0.6) is 5.75 Å². The maximum atomic E-state index is 13.3. The van der Waals surface area contributed by atoms with Gasteiger partial charge in [-0.05, 0) is 36.1 Å². The largest absolute Gasteiger partial charge is 0.494 e. The highest BCUT2D eigenvalue weighted by atomic mass is 35.5. The second-order valence-electron chi connectivity index (χ2n) is 7.07. The number of halogens is 1. The van der Waals surface area contributed by atoms with Gasteiger partial charge >= 0.3 is 0 Å². The lowest BCUT2D eigenvalue weighted by molar-refractivity contribution is 0.336. The molecule has 6 nitrogen and oxygen atoms in total. The third-order valence-corrected chi connectivity index (χ3v) is 7.34. The topological polar surface area (TPSA) is 61.4 Å². The van der Waals surface area contributed by atoms with Crippen LogP contribution in [-0.4, -0.2) is 25.8 Å². The molecule has 0 unspecified atom stereocenters. The van der Waals surface area contributed by atoms with E-state index in [2.05, 4.69) is 10.2 Å². The molecule has 0 aliphatic carbocycles. The summed E-state index contributed by atoms with van der Waals surface area (Å²) in [6.07, 6.45) is 0. The molecule has 0 amide bonds. The van der Waals surface area contributed by atoms with Gasteiger partial charge in [0.15, 0.2) is 5.16 Å². The minimum atomic E-state index is -0.0798. The molecule has 9 heteroatoms. The maximum Gasteiger partial charge on any atom is 0.273 e. The second kappa shape index (κ2) is 8.97. The van der Waals surface area contributed by atoms with Crippen LogP contribution in [0.25, 0.3) is 16.0 Å². The first-order chi connectivity index (χ1) is 15.7. The van der Waals surface area contributed by atoms with Crippen LogP contribution >= 0.6 is 34.7 Å². The van der Waals surface area contributed by atoms with Gasteiger partial charge in [0, 0.05) is 16.3 Å². The van der Waals surface area contributed by atoms with Crippen LogP contribution in [0.3, 0.4) is 0 Å². The predicted molar refractivity (Wildman–Crippen MR) is 130 cm³/mol. The quantitative estimate of drug-likeness (QED) is 0.287. The number of hydrogen-bond acceptors (Lipinski definition) is 6. The van der Waals surface area contributed by atoms with Crippen molar-refractivity contribution in [3.8, 4) is 5.75 Å². The lowest BCUT2D eigenvalue weighted by atomic mass is 10.2. The van der Waals surface area contributed by atoms with Gasteiger partial charge in [-0.3, -0.25) is 13.8 Å². The van der Waals surface area contributed by atoms with E-state index in [-0.39, 0.29) is 5.56 Å². The van der Waals surface area contributed by atoms with Gasteiger partial charge in [-0.1, -0.05) is 59.8 Å². The fraction of sp³-hybridized carbons (Fsp3) is 0.174. The molecule has 0 spiro atoms. The summed E-state index contributed by atoms with van der Waals surface area (Å²) in [5.74, 6) is 1.92. The standard InChI is InChI=1S/C23H19ClN4O2S2/c1-2-30-19-10-6-4-7-15(19)13-27-21(29)20-18(11-12-31-20)28-22(27)25-26-23(28)32-14-16-8-3-5-9-17(16)24/h3-12H,2,13-14H2,1H3. The minimum absolute atomic E-state index is 0.0798. The number of nitrogens with zero attached hydrogens (tertiary/aromatic N) is 4. The van der Waals surface area contributed by atoms with Crippen molar-refractivity contribution in [3.63, 3.8) is 0 Å². The number of ether oxygens (including phenoxy) is 1. The third kappa shape index (κ3) is 3.79. The van der Waals surface area contributed by atoms with Crippen molar-refractivity contribution in [3.05, 3.63) is 86.5 Å². The fourth-order valence-electron chi connectivity index (χ4n) is 3.59. The normalized spacial score (nSPS) is 11.4. The van der Waals surface area contributed by atoms with Gasteiger partial charge in [-0.2, -0.15) is 0 Å². The number of benzene rings is 2. The lowest BCUT2D eigenvalue weighted by Gasteiger charge is -2.13. The van der Waals surface area contributed by atoms with Crippen molar-refractivity contribution in [2.24, 2.45) is 0 Å². The predicted octanol–water partition coefficient (Wildman–Crippen LogP) is 5.50. The molecule has 162 valence electrons. The van der Waals surface area contributed by atoms with Gasteiger partial charge in [0.2, 0.25) is 5.78 Å². The Morgan fingerprint density at radius 2 is 1.84 bits per heavy atom. The smallest absolute Gasteiger partial charge is 0.273 e. The van der Waals surface area contributed by atoms with E-state index in [0.29, 0.717) is 29.4 Å². The van der Waals surface area contributed by atoms with E-state index in [1.165, 1.54) is 11.3 Å². The Hall–Kier alpha value is -2.81. The molecule has 0 aliphatic heterocycles. The Morgan fingerprint density at radius 3 is 2.66 bits per heavy atom. The molecule has 32 heavy (non-hydrogen) atoms. The summed E-state index contributed by atoms with van der Waals surface area (Å²) in [6.45, 7) is 2.85. The zero-order valence-corrected chi connectivity index (χ0v) is 19.6. The van der Waals surface area contributed by atoms with E-state index < -0.39 is 0 Å². The third-order valence-electron chi connectivity index (χ3n) is 5.10. The molecule has 3 heterocycles. The summed E-state index contributed by atoms with van der Waals surface area (Å²) in [7, 11) is 0. The molecular formula is C23H19ClN4O2S2. The van der Waals surface area contributed by atoms with Crippen molar-refractivity contribution in [2.45, 2.75) is 24.4 Å². The van der Waals surface area contributed by atoms with Gasteiger partial charge in [-0.25, -0.2) is 0 Å². The van der Waals surface area contributed by atoms with Crippen LogP contribution in [0, 0.1) is 0 Å². The number of rotatable bonds is 7. The summed E-state index contributed by atoms with van der Waals surface area (Å²) < 4.78 is 10.1. The SMILES string of the molecule is CCOc1ccccc1Cn1c(=O)c2sccc2n2c(SCc3ccccc3Cl)nnc12. The number of hydrogen-bond donors (Lipinski definition) is 0. The number of aromatic nitrogens is 4. The Balaban J connectivity index is 1.61. The van der Waals surface area contributed by atoms with Gasteiger partial charge in [0.25, 0.3) is 5.56 Å². The number of thiophene rings is 1. The van der Waals surface area contributed by atoms with Crippen LogP contribution in [0.2, 0.25) is 5.02 Å². The highest BCUT2D eigenvalue weighted by Crippen LogP contribution is 2.29. The first kappa shape index (κ1) is 21.1. The zero-order chi connectivity index (χ0) is 22.1. The lowest BCUT2D eigenvalue weighted by Crippen LogP contribution is -2.23. The first-order valence-electron chi connectivity index (χ1n) is 10.1. The monoisotopic (exact) mass is 482 g/mol. The van der Waals surface area contributed by atoms with Gasteiger partial charge < -0.3 is 4.74 Å². The van der Waals surface area contributed by atoms with E-state index in [0.717, 1.165) is 32.6 Å². The van der Waals surface area contributed by atoms with Crippen molar-refractivity contribution in [2.75, 3.05) is 6.61 Å². The number of fused-ring (bicyclic) bond motifs is 3. The van der Waals surface area contributed by atoms with Crippen molar-refractivity contribution >= 4 is 50.7 Å². The van der Waals surface area contributed by atoms with Crippen molar-refractivity contribution < 1.29 is 4.74 Å². The van der Waals surface area contributed by atoms with Crippen molar-refractivity contribution in [1.29, 1.82) is 0 Å². The molecule has 0 saturated heterocycles. The molecule has 3 aromatic heterocycles. The van der Waals surface area contributed by atoms with Gasteiger partial charge in [0.1, 0.15) is 10.4 Å². The highest BCUT2D eigenvalue weighted by Gasteiger charge is 2.19. The number of thioether (sulfide) groups is 1. The molecule has 5 rings (SSSR count). The minimum Gasteiger partial charge on any atom is -0.494 e. The Labute approximate surface area is 197 Å². The van der Waals surface area contributed by atoms with Gasteiger partial charge in [-0.15, -0.1) is 21.5 Å². The van der Waals surface area contributed by atoms with E-state index >= 15 is 0 Å². The Kier molecular flexibility index (Phi) is 5.91. The van der Waals surface area contributed by atoms with E-state index in [1.54, 1.807) is 16.3 Å². The summed E-state index contributed by atoms with van der Waals surface area (Å²) in [5, 5.41) is 12.2. The van der Waals surface area contributed by atoms with E-state index in [4.69, 9.17) is 16.3 Å². The van der Waals surface area contributed by atoms with E-state index in [1.807, 2.05) is 71.3 Å². The first-order valence-corrected chi connectivity index (χ1v) is 12.3. The Morgan fingerprint density at radius 1 is 1.06 bits per heavy atom. The molecular weight excluding hydrogens is 464 g/mol. The zero-order valence-electron chi connectivity index (χ0n) is 17.2. The second-order valence-corrected chi connectivity index (χ2v) is 9.33. The average Bonchev–Trinajstić information content (AvgIpc) is 3.44. The molecule has 0 saturated carbocycles. The van der Waals surface area contributed by atoms with Crippen molar-refractivity contribution in [1.82, 2.24) is 19.2 Å². The highest BCUT2D eigenvalue weighted by molar-refractivity contribution is 7.98. The molecule has 0 fully saturated rings. The Bertz CT molecular complexity index is 1470. The summed E-state index contributed by atoms with van der Waals surface area (Å²) >= 11 is 9.29. The van der Waals surface area contributed by atoms with Gasteiger partial charge in [0.05, 0.1) is 18.7 Å². The molecule has 0 N–H and O–H groups in total. The van der Waals surface area contributed by atoms with Crippen LogP contribution < -0.4 is 10.3 Å². The average molecular weight is 483 g/mol. The summed E-state index contributed by atoms with van der Waals surface area (Å²) in [5.41, 5.74) is 2.68. The van der Waals surface area contributed by atoms with Crippen LogP contribution in [-0.2, 0) is 12.3 Å². The molecule has 2 aromatic carbocycles. The fourth-order valence-corrected chi connectivity index (χ4v) is 5.64. The van der Waals surface area contributed by atoms with Crippen LogP contribution in [0.15, 0.2) is 69.9 Å².